The fourth-order valence-corrected chi connectivity index (χ4v) is 3.49. The van der Waals surface area contributed by atoms with Crippen molar-refractivity contribution in [1.82, 2.24) is 4.90 Å². The highest BCUT2D eigenvalue weighted by atomic mass is 16.5. The van der Waals surface area contributed by atoms with Gasteiger partial charge in [0.1, 0.15) is 5.75 Å². The van der Waals surface area contributed by atoms with Crippen LogP contribution >= 0.6 is 0 Å². The Balaban J connectivity index is 1.80. The molecule has 0 aromatic heterocycles. The molecular weight excluding hydrogens is 298 g/mol. The molecule has 0 spiro atoms. The Morgan fingerprint density at radius 3 is 2.25 bits per heavy atom. The Morgan fingerprint density at radius 1 is 0.958 bits per heavy atom. The average Bonchev–Trinajstić information content (AvgIpc) is 3.14. The van der Waals surface area contributed by atoms with Crippen LogP contribution in [0.25, 0.3) is 0 Å². The van der Waals surface area contributed by atoms with Crippen molar-refractivity contribution >= 4 is 0 Å². The van der Waals surface area contributed by atoms with E-state index < -0.39 is 6.10 Å². The van der Waals surface area contributed by atoms with Crippen LogP contribution in [0.2, 0.25) is 0 Å². The summed E-state index contributed by atoms with van der Waals surface area (Å²) in [5.74, 6) is 0.937. The van der Waals surface area contributed by atoms with Crippen molar-refractivity contribution in [2.24, 2.45) is 0 Å². The van der Waals surface area contributed by atoms with E-state index in [1.54, 1.807) is 0 Å². The van der Waals surface area contributed by atoms with Crippen LogP contribution in [-0.2, 0) is 0 Å². The zero-order valence-electron chi connectivity index (χ0n) is 14.4. The molecule has 3 heteroatoms. The smallest absolute Gasteiger partial charge is 0.119 e. The maximum Gasteiger partial charge on any atom is 0.119 e. The summed E-state index contributed by atoms with van der Waals surface area (Å²) < 4.78 is 5.50. The Labute approximate surface area is 144 Å². The van der Waals surface area contributed by atoms with E-state index in [9.17, 15) is 5.11 Å². The lowest BCUT2D eigenvalue weighted by atomic mass is 9.88. The summed E-state index contributed by atoms with van der Waals surface area (Å²) in [7, 11) is 0. The summed E-state index contributed by atoms with van der Waals surface area (Å²) >= 11 is 0. The molecule has 2 atom stereocenters. The molecule has 1 N–H and O–H groups in total. The van der Waals surface area contributed by atoms with Crippen molar-refractivity contribution in [3.63, 3.8) is 0 Å². The van der Waals surface area contributed by atoms with E-state index in [0.29, 0.717) is 6.61 Å². The minimum atomic E-state index is -0.510. The zero-order chi connectivity index (χ0) is 16.8. The highest BCUT2D eigenvalue weighted by molar-refractivity contribution is 5.32. The van der Waals surface area contributed by atoms with Gasteiger partial charge in [-0.25, -0.2) is 0 Å². The van der Waals surface area contributed by atoms with Crippen LogP contribution < -0.4 is 4.74 Å². The van der Waals surface area contributed by atoms with Crippen LogP contribution in [0.1, 0.15) is 42.9 Å². The molecule has 3 rings (SSSR count). The molecule has 2 aromatic carbocycles. The number of likely N-dealkylation sites (tertiary alicyclic amines) is 1. The SMILES string of the molecule is CCOc1ccc(C(O)C(CN2CCCC2)c2ccccc2)cc1. The third-order valence-corrected chi connectivity index (χ3v) is 4.80. The quantitative estimate of drug-likeness (QED) is 0.835. The maximum atomic E-state index is 11.0. The second kappa shape index (κ2) is 8.32. The molecule has 1 heterocycles. The predicted molar refractivity (Wildman–Crippen MR) is 97.4 cm³/mol. The molecular formula is C21H27NO2. The van der Waals surface area contributed by atoms with E-state index in [1.165, 1.54) is 18.4 Å². The second-order valence-electron chi connectivity index (χ2n) is 6.47. The van der Waals surface area contributed by atoms with Crippen LogP contribution in [-0.4, -0.2) is 36.2 Å². The van der Waals surface area contributed by atoms with Crippen molar-refractivity contribution in [3.05, 3.63) is 65.7 Å². The summed E-state index contributed by atoms with van der Waals surface area (Å²) in [4.78, 5) is 2.47. The number of hydrogen-bond donors (Lipinski definition) is 1. The molecule has 1 aliphatic rings. The van der Waals surface area contributed by atoms with Crippen LogP contribution in [0.3, 0.4) is 0 Å². The molecule has 2 unspecified atom stereocenters. The summed E-state index contributed by atoms with van der Waals surface area (Å²) in [6.45, 7) is 5.81. The topological polar surface area (TPSA) is 32.7 Å². The van der Waals surface area contributed by atoms with E-state index >= 15 is 0 Å². The number of nitrogens with zero attached hydrogens (tertiary/aromatic N) is 1. The van der Waals surface area contributed by atoms with Crippen molar-refractivity contribution in [2.45, 2.75) is 31.8 Å². The lowest BCUT2D eigenvalue weighted by Gasteiger charge is -2.28. The normalized spacial score (nSPS) is 17.6. The summed E-state index contributed by atoms with van der Waals surface area (Å²) in [6.07, 6.45) is 2.02. The van der Waals surface area contributed by atoms with Gasteiger partial charge < -0.3 is 14.7 Å². The van der Waals surface area contributed by atoms with E-state index in [2.05, 4.69) is 29.2 Å². The van der Waals surface area contributed by atoms with Gasteiger partial charge in [-0.3, -0.25) is 0 Å². The molecule has 2 aromatic rings. The predicted octanol–water partition coefficient (Wildman–Crippen LogP) is 4.00. The van der Waals surface area contributed by atoms with E-state index in [1.807, 2.05) is 37.3 Å². The highest BCUT2D eigenvalue weighted by Crippen LogP contribution is 2.33. The zero-order valence-corrected chi connectivity index (χ0v) is 14.4. The van der Waals surface area contributed by atoms with Crippen LogP contribution in [0.5, 0.6) is 5.75 Å². The molecule has 1 fully saturated rings. The van der Waals surface area contributed by atoms with Gasteiger partial charge in [0.2, 0.25) is 0 Å². The van der Waals surface area contributed by atoms with Crippen LogP contribution in [0, 0.1) is 0 Å². The summed E-state index contributed by atoms with van der Waals surface area (Å²) in [5, 5.41) is 11.0. The van der Waals surface area contributed by atoms with Gasteiger partial charge in [-0.1, -0.05) is 42.5 Å². The standard InChI is InChI=1S/C21H27NO2/c1-2-24-19-12-10-18(11-13-19)21(23)20(16-22-14-6-7-15-22)17-8-4-3-5-9-17/h3-5,8-13,20-21,23H,2,6-7,14-16H2,1H3. The second-order valence-corrected chi connectivity index (χ2v) is 6.47. The van der Waals surface area contributed by atoms with Crippen molar-refractivity contribution in [2.75, 3.05) is 26.2 Å². The number of ether oxygens (including phenoxy) is 1. The Hall–Kier alpha value is -1.84. The van der Waals surface area contributed by atoms with E-state index in [-0.39, 0.29) is 5.92 Å². The monoisotopic (exact) mass is 325 g/mol. The maximum absolute atomic E-state index is 11.0. The van der Waals surface area contributed by atoms with Gasteiger partial charge in [-0.05, 0) is 56.1 Å². The molecule has 24 heavy (non-hydrogen) atoms. The first kappa shape index (κ1) is 17.0. The largest absolute Gasteiger partial charge is 0.494 e. The molecule has 1 saturated heterocycles. The Kier molecular flexibility index (Phi) is 5.89. The number of aliphatic hydroxyl groups excluding tert-OH is 1. The summed E-state index contributed by atoms with van der Waals surface area (Å²) in [5.41, 5.74) is 2.15. The Bertz CT molecular complexity index is 605. The number of benzene rings is 2. The lowest BCUT2D eigenvalue weighted by Crippen LogP contribution is -2.29. The van der Waals surface area contributed by atoms with Crippen molar-refractivity contribution in [1.29, 1.82) is 0 Å². The third-order valence-electron chi connectivity index (χ3n) is 4.80. The van der Waals surface area contributed by atoms with E-state index in [0.717, 1.165) is 30.9 Å². The van der Waals surface area contributed by atoms with Crippen LogP contribution in [0.4, 0.5) is 0 Å². The molecule has 0 amide bonds. The Morgan fingerprint density at radius 2 is 1.62 bits per heavy atom. The lowest BCUT2D eigenvalue weighted by molar-refractivity contribution is 0.123. The molecule has 0 saturated carbocycles. The van der Waals surface area contributed by atoms with E-state index in [4.69, 9.17) is 4.74 Å². The van der Waals surface area contributed by atoms with Gasteiger partial charge in [0.15, 0.2) is 0 Å². The molecule has 1 aliphatic heterocycles. The number of rotatable bonds is 7. The average molecular weight is 325 g/mol. The minimum absolute atomic E-state index is 0.0854. The minimum Gasteiger partial charge on any atom is -0.494 e. The van der Waals surface area contributed by atoms with Gasteiger partial charge in [0.25, 0.3) is 0 Å². The fraction of sp³-hybridized carbons (Fsp3) is 0.429. The van der Waals surface area contributed by atoms with Gasteiger partial charge in [0, 0.05) is 12.5 Å². The first-order chi connectivity index (χ1) is 11.8. The number of aliphatic hydroxyl groups is 1. The highest BCUT2D eigenvalue weighted by Gasteiger charge is 2.26. The van der Waals surface area contributed by atoms with Gasteiger partial charge in [0.05, 0.1) is 12.7 Å². The molecule has 0 bridgehead atoms. The first-order valence-electron chi connectivity index (χ1n) is 8.96. The third kappa shape index (κ3) is 4.16. The molecule has 0 aliphatic carbocycles. The fourth-order valence-electron chi connectivity index (χ4n) is 3.49. The molecule has 3 nitrogen and oxygen atoms in total. The van der Waals surface area contributed by atoms with Gasteiger partial charge in [-0.2, -0.15) is 0 Å². The first-order valence-corrected chi connectivity index (χ1v) is 8.96. The number of hydrogen-bond acceptors (Lipinski definition) is 3. The van der Waals surface area contributed by atoms with Gasteiger partial charge in [-0.15, -0.1) is 0 Å². The molecule has 0 radical (unpaired) electrons. The van der Waals surface area contributed by atoms with Crippen LogP contribution in [0.15, 0.2) is 54.6 Å². The van der Waals surface area contributed by atoms with Gasteiger partial charge >= 0.3 is 0 Å². The van der Waals surface area contributed by atoms with Crippen molar-refractivity contribution in [3.8, 4) is 5.75 Å². The summed E-state index contributed by atoms with van der Waals surface area (Å²) in [6, 6.07) is 18.2. The molecule has 128 valence electrons. The van der Waals surface area contributed by atoms with Crippen molar-refractivity contribution < 1.29 is 9.84 Å².